The number of hydrogen-bond donors (Lipinski definition) is 1. The SMILES string of the molecule is CC/C(C)=N\NC(=O)Cc1csc(-c2ccc(F)cc2)n1. The number of carbonyl (C=O) groups excluding carboxylic acids is 1. The highest BCUT2D eigenvalue weighted by Crippen LogP contribution is 2.23. The van der Waals surface area contributed by atoms with Gasteiger partial charge in [0, 0.05) is 16.7 Å². The summed E-state index contributed by atoms with van der Waals surface area (Å²) >= 11 is 1.43. The Labute approximate surface area is 126 Å². The zero-order valence-corrected chi connectivity index (χ0v) is 12.7. The van der Waals surface area contributed by atoms with Crippen LogP contribution in [0.25, 0.3) is 10.6 Å². The molecule has 110 valence electrons. The summed E-state index contributed by atoms with van der Waals surface area (Å²) < 4.78 is 12.9. The van der Waals surface area contributed by atoms with E-state index in [4.69, 9.17) is 0 Å². The van der Waals surface area contributed by atoms with E-state index in [0.717, 1.165) is 22.7 Å². The number of benzene rings is 1. The van der Waals surface area contributed by atoms with Crippen LogP contribution in [0.4, 0.5) is 4.39 Å². The van der Waals surface area contributed by atoms with E-state index in [1.54, 1.807) is 12.1 Å². The third-order valence-corrected chi connectivity index (χ3v) is 3.81. The second-order valence-electron chi connectivity index (χ2n) is 4.56. The number of hydrazone groups is 1. The fourth-order valence-electron chi connectivity index (χ4n) is 1.55. The van der Waals surface area contributed by atoms with Crippen LogP contribution in [0.2, 0.25) is 0 Å². The first-order valence-electron chi connectivity index (χ1n) is 6.61. The first kappa shape index (κ1) is 15.3. The number of thiazole rings is 1. The van der Waals surface area contributed by atoms with Crippen molar-refractivity contribution in [1.29, 1.82) is 0 Å². The standard InChI is InChI=1S/C15H16FN3OS/c1-3-10(2)18-19-14(20)8-13-9-21-15(17-13)11-4-6-12(16)7-5-11/h4-7,9H,3,8H2,1-2H3,(H,19,20)/b18-10-. The second kappa shape index (κ2) is 7.08. The van der Waals surface area contributed by atoms with Crippen LogP contribution in [-0.4, -0.2) is 16.6 Å². The van der Waals surface area contributed by atoms with Crippen LogP contribution in [0.1, 0.15) is 26.0 Å². The van der Waals surface area contributed by atoms with Crippen LogP contribution in [0.5, 0.6) is 0 Å². The summed E-state index contributed by atoms with van der Waals surface area (Å²) in [5.41, 5.74) is 4.89. The molecule has 0 bridgehead atoms. The zero-order valence-electron chi connectivity index (χ0n) is 11.9. The minimum absolute atomic E-state index is 0.179. The normalized spacial score (nSPS) is 11.5. The maximum Gasteiger partial charge on any atom is 0.246 e. The summed E-state index contributed by atoms with van der Waals surface area (Å²) in [6.07, 6.45) is 0.976. The minimum Gasteiger partial charge on any atom is -0.273 e. The third kappa shape index (κ3) is 4.46. The Kier molecular flexibility index (Phi) is 5.16. The van der Waals surface area contributed by atoms with Crippen molar-refractivity contribution in [2.45, 2.75) is 26.7 Å². The van der Waals surface area contributed by atoms with Crippen LogP contribution < -0.4 is 5.43 Å². The van der Waals surface area contributed by atoms with Crippen molar-refractivity contribution in [2.75, 3.05) is 0 Å². The monoisotopic (exact) mass is 305 g/mol. The molecule has 0 radical (unpaired) electrons. The highest BCUT2D eigenvalue weighted by atomic mass is 32.1. The molecule has 0 fully saturated rings. The highest BCUT2D eigenvalue weighted by Gasteiger charge is 2.08. The fraction of sp³-hybridized carbons (Fsp3) is 0.267. The Balaban J connectivity index is 2.00. The number of amides is 1. The summed E-state index contributed by atoms with van der Waals surface area (Å²) in [4.78, 5) is 16.1. The van der Waals surface area contributed by atoms with Crippen molar-refractivity contribution in [1.82, 2.24) is 10.4 Å². The zero-order chi connectivity index (χ0) is 15.2. The Bertz CT molecular complexity index is 649. The molecule has 1 aromatic heterocycles. The average Bonchev–Trinajstić information content (AvgIpc) is 2.94. The summed E-state index contributed by atoms with van der Waals surface area (Å²) in [7, 11) is 0. The predicted octanol–water partition coefficient (Wildman–Crippen LogP) is 3.39. The molecule has 0 aliphatic carbocycles. The molecule has 1 amide bonds. The molecule has 6 heteroatoms. The van der Waals surface area contributed by atoms with E-state index in [1.807, 2.05) is 19.2 Å². The van der Waals surface area contributed by atoms with Gasteiger partial charge in [-0.1, -0.05) is 6.92 Å². The third-order valence-electron chi connectivity index (χ3n) is 2.87. The molecule has 0 atom stereocenters. The molecule has 0 saturated carbocycles. The lowest BCUT2D eigenvalue weighted by molar-refractivity contribution is -0.120. The topological polar surface area (TPSA) is 54.4 Å². The Morgan fingerprint density at radius 3 is 2.76 bits per heavy atom. The van der Waals surface area contributed by atoms with Gasteiger partial charge < -0.3 is 0 Å². The Morgan fingerprint density at radius 2 is 2.10 bits per heavy atom. The minimum atomic E-state index is -0.279. The summed E-state index contributed by atoms with van der Waals surface area (Å²) in [6.45, 7) is 3.83. The van der Waals surface area contributed by atoms with Crippen LogP contribution in [-0.2, 0) is 11.2 Å². The van der Waals surface area contributed by atoms with Gasteiger partial charge in [-0.2, -0.15) is 5.10 Å². The van der Waals surface area contributed by atoms with Crippen molar-refractivity contribution in [3.63, 3.8) is 0 Å². The van der Waals surface area contributed by atoms with Gasteiger partial charge in [-0.3, -0.25) is 4.79 Å². The van der Waals surface area contributed by atoms with Crippen LogP contribution in [0, 0.1) is 5.82 Å². The number of carbonyl (C=O) groups is 1. The summed E-state index contributed by atoms with van der Waals surface area (Å²) in [5, 5.41) is 6.56. The number of aromatic nitrogens is 1. The number of hydrogen-bond acceptors (Lipinski definition) is 4. The molecule has 4 nitrogen and oxygen atoms in total. The first-order chi connectivity index (χ1) is 10.1. The van der Waals surface area contributed by atoms with Crippen molar-refractivity contribution < 1.29 is 9.18 Å². The molecule has 0 unspecified atom stereocenters. The van der Waals surface area contributed by atoms with Gasteiger partial charge >= 0.3 is 0 Å². The van der Waals surface area contributed by atoms with Gasteiger partial charge in [0.25, 0.3) is 0 Å². The Hall–Kier alpha value is -2.08. The van der Waals surface area contributed by atoms with Crippen LogP contribution in [0.3, 0.4) is 0 Å². The van der Waals surface area contributed by atoms with E-state index < -0.39 is 0 Å². The number of rotatable bonds is 5. The van der Waals surface area contributed by atoms with E-state index in [1.165, 1.54) is 23.5 Å². The molecule has 0 aliphatic rings. The van der Waals surface area contributed by atoms with Gasteiger partial charge in [0.15, 0.2) is 0 Å². The second-order valence-corrected chi connectivity index (χ2v) is 5.42. The van der Waals surface area contributed by atoms with E-state index >= 15 is 0 Å². The quantitative estimate of drug-likeness (QED) is 0.680. The lowest BCUT2D eigenvalue weighted by Crippen LogP contribution is -2.21. The molecule has 0 spiro atoms. The van der Waals surface area contributed by atoms with Gasteiger partial charge in [-0.05, 0) is 37.6 Å². The van der Waals surface area contributed by atoms with E-state index in [-0.39, 0.29) is 18.1 Å². The average molecular weight is 305 g/mol. The molecule has 2 rings (SSSR count). The fourth-order valence-corrected chi connectivity index (χ4v) is 2.38. The van der Waals surface area contributed by atoms with Crippen LogP contribution in [0.15, 0.2) is 34.7 Å². The van der Waals surface area contributed by atoms with Crippen molar-refractivity contribution >= 4 is 23.0 Å². The van der Waals surface area contributed by atoms with Crippen molar-refractivity contribution in [3.8, 4) is 10.6 Å². The van der Waals surface area contributed by atoms with Gasteiger partial charge in [0.1, 0.15) is 10.8 Å². The number of nitrogens with one attached hydrogen (secondary N) is 1. The molecular formula is C15H16FN3OS. The maximum atomic E-state index is 12.9. The largest absolute Gasteiger partial charge is 0.273 e. The van der Waals surface area contributed by atoms with E-state index in [9.17, 15) is 9.18 Å². The Morgan fingerprint density at radius 1 is 1.38 bits per heavy atom. The van der Waals surface area contributed by atoms with Gasteiger partial charge in [0.05, 0.1) is 12.1 Å². The van der Waals surface area contributed by atoms with Crippen molar-refractivity contribution in [2.24, 2.45) is 5.10 Å². The smallest absolute Gasteiger partial charge is 0.246 e. The summed E-state index contributed by atoms with van der Waals surface area (Å²) in [5.74, 6) is -0.474. The van der Waals surface area contributed by atoms with Crippen molar-refractivity contribution in [3.05, 3.63) is 41.2 Å². The summed E-state index contributed by atoms with van der Waals surface area (Å²) in [6, 6.07) is 6.14. The number of nitrogens with zero attached hydrogens (tertiary/aromatic N) is 2. The van der Waals surface area contributed by atoms with E-state index in [0.29, 0.717) is 5.69 Å². The van der Waals surface area contributed by atoms with Gasteiger partial charge in [-0.15, -0.1) is 11.3 Å². The predicted molar refractivity (Wildman–Crippen MR) is 82.8 cm³/mol. The highest BCUT2D eigenvalue weighted by molar-refractivity contribution is 7.13. The molecule has 1 aromatic carbocycles. The molecule has 21 heavy (non-hydrogen) atoms. The van der Waals surface area contributed by atoms with Gasteiger partial charge in [0.2, 0.25) is 5.91 Å². The molecule has 0 aliphatic heterocycles. The van der Waals surface area contributed by atoms with Gasteiger partial charge in [-0.25, -0.2) is 14.8 Å². The van der Waals surface area contributed by atoms with E-state index in [2.05, 4.69) is 15.5 Å². The molecular weight excluding hydrogens is 289 g/mol. The lowest BCUT2D eigenvalue weighted by Gasteiger charge is -1.99. The molecule has 1 N–H and O–H groups in total. The lowest BCUT2D eigenvalue weighted by atomic mass is 10.2. The first-order valence-corrected chi connectivity index (χ1v) is 7.48. The molecule has 1 heterocycles. The van der Waals surface area contributed by atoms with Crippen LogP contribution >= 0.6 is 11.3 Å². The number of halogens is 1. The molecule has 0 saturated heterocycles. The molecule has 2 aromatic rings. The maximum absolute atomic E-state index is 12.9.